The number of rotatable bonds is 5. The average Bonchev–Trinajstić information content (AvgIpc) is 2.48. The van der Waals surface area contributed by atoms with Crippen LogP contribution in [0.1, 0.15) is 22.6 Å². The largest absolute Gasteiger partial charge is 0.459 e. The normalized spacial score (nSPS) is 23.0. The molecule has 10 heteroatoms. The Morgan fingerprint density at radius 3 is 2.78 bits per heavy atom. The van der Waals surface area contributed by atoms with Crippen molar-refractivity contribution in [2.75, 3.05) is 20.3 Å². The Morgan fingerprint density at radius 2 is 2.17 bits per heavy atom. The highest BCUT2D eigenvalue weighted by molar-refractivity contribution is 5.90. The Bertz CT molecular complexity index is 653. The Balaban J connectivity index is 2.70. The topological polar surface area (TPSA) is 113 Å². The second kappa shape index (κ2) is 6.03. The zero-order chi connectivity index (χ0) is 17.3. The van der Waals surface area contributed by atoms with Crippen molar-refractivity contribution >= 4 is 11.9 Å². The van der Waals surface area contributed by atoms with Crippen molar-refractivity contribution in [3.8, 4) is 0 Å². The lowest BCUT2D eigenvalue weighted by Gasteiger charge is -2.39. The summed E-state index contributed by atoms with van der Waals surface area (Å²) >= 11 is 0. The number of pyridine rings is 1. The van der Waals surface area contributed by atoms with Gasteiger partial charge >= 0.3 is 5.92 Å². The number of carbonyl (C=O) groups is 1. The molecule has 2 rings (SSSR count). The number of halogens is 3. The molecule has 1 aliphatic heterocycles. The number of aromatic nitrogens is 1. The molecule has 0 aromatic carbocycles. The molecule has 0 saturated carbocycles. The monoisotopic (exact) mass is 332 g/mol. The summed E-state index contributed by atoms with van der Waals surface area (Å²) in [6, 6.07) is 1.29. The standard InChI is InChI=1S/C13H15F3N4O3/c1-22-5-4-12(13(15,16)6-23-11(18)20-12)9-7(14)2-3-8(19-9)10(17)21/h2-3H,4-6H2,1H3,(H2,17,21)(H2,18,20). The van der Waals surface area contributed by atoms with Crippen molar-refractivity contribution < 1.29 is 27.4 Å². The van der Waals surface area contributed by atoms with Gasteiger partial charge in [0, 0.05) is 20.1 Å². The van der Waals surface area contributed by atoms with E-state index in [-0.39, 0.29) is 12.3 Å². The van der Waals surface area contributed by atoms with Crippen molar-refractivity contribution in [1.82, 2.24) is 4.98 Å². The summed E-state index contributed by atoms with van der Waals surface area (Å²) in [6.45, 7) is -1.28. The van der Waals surface area contributed by atoms with Crippen molar-refractivity contribution in [2.45, 2.75) is 17.9 Å². The fraction of sp³-hybridized carbons (Fsp3) is 0.462. The molecular formula is C13H15F3N4O3. The number of aliphatic imine (C=N–C) groups is 1. The molecule has 1 unspecified atom stereocenters. The van der Waals surface area contributed by atoms with E-state index in [1.165, 1.54) is 7.11 Å². The maximum absolute atomic E-state index is 14.6. The first-order chi connectivity index (χ1) is 10.7. The minimum absolute atomic E-state index is 0.172. The van der Waals surface area contributed by atoms with E-state index >= 15 is 0 Å². The summed E-state index contributed by atoms with van der Waals surface area (Å²) < 4.78 is 52.7. The molecular weight excluding hydrogens is 317 g/mol. The van der Waals surface area contributed by atoms with Crippen LogP contribution in [0.25, 0.3) is 0 Å². The van der Waals surface area contributed by atoms with Crippen LogP contribution in [0.5, 0.6) is 0 Å². The van der Waals surface area contributed by atoms with Gasteiger partial charge in [-0.25, -0.2) is 14.4 Å². The van der Waals surface area contributed by atoms with E-state index in [1.54, 1.807) is 0 Å². The van der Waals surface area contributed by atoms with E-state index in [0.29, 0.717) is 0 Å². The molecule has 0 radical (unpaired) electrons. The number of primary amides is 1. The first kappa shape index (κ1) is 17.0. The maximum Gasteiger partial charge on any atom is 0.312 e. The van der Waals surface area contributed by atoms with Crippen molar-refractivity contribution in [3.63, 3.8) is 0 Å². The molecule has 1 aromatic rings. The Labute approximate surface area is 129 Å². The maximum atomic E-state index is 14.6. The minimum atomic E-state index is -3.63. The van der Waals surface area contributed by atoms with E-state index in [4.69, 9.17) is 16.2 Å². The highest BCUT2D eigenvalue weighted by atomic mass is 19.3. The van der Waals surface area contributed by atoms with Crippen LogP contribution in [-0.2, 0) is 15.0 Å². The fourth-order valence-corrected chi connectivity index (χ4v) is 2.29. The summed E-state index contributed by atoms with van der Waals surface area (Å²) in [5.41, 5.74) is 6.92. The third-order valence-corrected chi connectivity index (χ3v) is 3.47. The molecule has 2 heterocycles. The van der Waals surface area contributed by atoms with E-state index in [2.05, 4.69) is 14.7 Å². The molecule has 1 aromatic heterocycles. The lowest BCUT2D eigenvalue weighted by atomic mass is 9.83. The lowest BCUT2D eigenvalue weighted by Crippen LogP contribution is -2.54. The summed E-state index contributed by atoms with van der Waals surface area (Å²) in [6.07, 6.45) is -0.424. The molecule has 4 N–H and O–H groups in total. The molecule has 7 nitrogen and oxygen atoms in total. The van der Waals surface area contributed by atoms with Crippen LogP contribution in [0.3, 0.4) is 0 Å². The van der Waals surface area contributed by atoms with Crippen molar-refractivity contribution in [2.24, 2.45) is 16.5 Å². The summed E-state index contributed by atoms with van der Waals surface area (Å²) in [5, 5.41) is 0. The average molecular weight is 332 g/mol. The van der Waals surface area contributed by atoms with Crippen molar-refractivity contribution in [3.05, 3.63) is 29.3 Å². The van der Waals surface area contributed by atoms with Gasteiger partial charge in [0.25, 0.3) is 11.9 Å². The van der Waals surface area contributed by atoms with Crippen LogP contribution in [-0.4, -0.2) is 43.2 Å². The molecule has 1 aliphatic rings. The Kier molecular flexibility index (Phi) is 4.46. The van der Waals surface area contributed by atoms with Gasteiger partial charge in [0.15, 0.2) is 12.1 Å². The first-order valence-corrected chi connectivity index (χ1v) is 6.55. The number of amides is 1. The number of carbonyl (C=O) groups excluding carboxylic acids is 1. The van der Waals surface area contributed by atoms with Crippen LogP contribution in [0.15, 0.2) is 17.1 Å². The number of nitrogens with zero attached hydrogens (tertiary/aromatic N) is 2. The minimum Gasteiger partial charge on any atom is -0.459 e. The molecule has 1 atom stereocenters. The van der Waals surface area contributed by atoms with E-state index < -0.39 is 47.9 Å². The third-order valence-electron chi connectivity index (χ3n) is 3.47. The van der Waals surface area contributed by atoms with Gasteiger partial charge in [-0.05, 0) is 12.1 Å². The van der Waals surface area contributed by atoms with Crippen LogP contribution in [0.4, 0.5) is 13.2 Å². The molecule has 0 saturated heterocycles. The number of ether oxygens (including phenoxy) is 2. The summed E-state index contributed by atoms with van der Waals surface area (Å²) in [7, 11) is 1.29. The van der Waals surface area contributed by atoms with Gasteiger partial charge in [-0.15, -0.1) is 0 Å². The highest BCUT2D eigenvalue weighted by Gasteiger charge is 2.60. The van der Waals surface area contributed by atoms with E-state index in [0.717, 1.165) is 12.1 Å². The van der Waals surface area contributed by atoms with Gasteiger partial charge in [-0.1, -0.05) is 0 Å². The molecule has 23 heavy (non-hydrogen) atoms. The van der Waals surface area contributed by atoms with Crippen molar-refractivity contribution in [1.29, 1.82) is 0 Å². The van der Waals surface area contributed by atoms with E-state index in [1.807, 2.05) is 0 Å². The predicted molar refractivity (Wildman–Crippen MR) is 73.4 cm³/mol. The third kappa shape index (κ3) is 2.93. The molecule has 0 spiro atoms. The van der Waals surface area contributed by atoms with Crippen LogP contribution < -0.4 is 11.5 Å². The zero-order valence-corrected chi connectivity index (χ0v) is 12.2. The quantitative estimate of drug-likeness (QED) is 0.817. The van der Waals surface area contributed by atoms with Gasteiger partial charge < -0.3 is 20.9 Å². The van der Waals surface area contributed by atoms with Gasteiger partial charge in [-0.2, -0.15) is 8.78 Å². The highest BCUT2D eigenvalue weighted by Crippen LogP contribution is 2.46. The van der Waals surface area contributed by atoms with Gasteiger partial charge in [0.05, 0.1) is 0 Å². The zero-order valence-electron chi connectivity index (χ0n) is 12.2. The Hall–Kier alpha value is -2.36. The Morgan fingerprint density at radius 1 is 1.48 bits per heavy atom. The first-order valence-electron chi connectivity index (χ1n) is 6.55. The molecule has 0 fully saturated rings. The van der Waals surface area contributed by atoms with Crippen LogP contribution >= 0.6 is 0 Å². The second-order valence-corrected chi connectivity index (χ2v) is 4.94. The number of methoxy groups -OCH3 is 1. The number of amidine groups is 1. The predicted octanol–water partition coefficient (Wildman–Crippen LogP) is 0.532. The molecule has 0 bridgehead atoms. The number of hydrogen-bond acceptors (Lipinski definition) is 6. The second-order valence-electron chi connectivity index (χ2n) is 4.94. The lowest BCUT2D eigenvalue weighted by molar-refractivity contribution is -0.131. The molecule has 1 amide bonds. The fourth-order valence-electron chi connectivity index (χ4n) is 2.29. The van der Waals surface area contributed by atoms with Crippen LogP contribution in [0, 0.1) is 5.82 Å². The molecule has 126 valence electrons. The van der Waals surface area contributed by atoms with Gasteiger partial charge in [0.1, 0.15) is 17.2 Å². The molecule has 0 aliphatic carbocycles. The number of alkyl halides is 2. The SMILES string of the molecule is COCCC1(c2nc(C(N)=O)ccc2F)N=C(N)OCC1(F)F. The van der Waals surface area contributed by atoms with Crippen LogP contribution in [0.2, 0.25) is 0 Å². The number of hydrogen-bond donors (Lipinski definition) is 2. The van der Waals surface area contributed by atoms with Gasteiger partial charge in [0.2, 0.25) is 0 Å². The summed E-state index contributed by atoms with van der Waals surface area (Å²) in [5.74, 6) is -5.68. The van der Waals surface area contributed by atoms with E-state index in [9.17, 15) is 18.0 Å². The number of nitrogens with two attached hydrogens (primary N) is 2. The summed E-state index contributed by atoms with van der Waals surface area (Å²) in [4.78, 5) is 18.5. The smallest absolute Gasteiger partial charge is 0.312 e. The van der Waals surface area contributed by atoms with Gasteiger partial charge in [-0.3, -0.25) is 4.79 Å².